The van der Waals surface area contributed by atoms with Crippen LogP contribution in [0.3, 0.4) is 0 Å². The van der Waals surface area contributed by atoms with Crippen LogP contribution in [0.4, 0.5) is 0 Å². The number of benzene rings is 1. The van der Waals surface area contributed by atoms with Crippen molar-refractivity contribution >= 4 is 9.84 Å². The molecule has 3 nitrogen and oxygen atoms in total. The van der Waals surface area contributed by atoms with Crippen LogP contribution in [0, 0.1) is 5.92 Å². The first-order chi connectivity index (χ1) is 9.51. The molecule has 4 heteroatoms. The van der Waals surface area contributed by atoms with Gasteiger partial charge in [-0.05, 0) is 43.2 Å². The number of hydrogen-bond acceptors (Lipinski definition) is 3. The zero-order valence-corrected chi connectivity index (χ0v) is 13.2. The average molecular weight is 295 g/mol. The zero-order valence-electron chi connectivity index (χ0n) is 12.4. The van der Waals surface area contributed by atoms with Gasteiger partial charge < -0.3 is 5.32 Å². The summed E-state index contributed by atoms with van der Waals surface area (Å²) in [5.41, 5.74) is 1.39. The van der Waals surface area contributed by atoms with Crippen molar-refractivity contribution < 1.29 is 8.42 Å². The lowest BCUT2D eigenvalue weighted by molar-refractivity contribution is 0.443. The van der Waals surface area contributed by atoms with Crippen molar-refractivity contribution in [3.63, 3.8) is 0 Å². The first-order valence-corrected chi connectivity index (χ1v) is 9.53. The minimum absolute atomic E-state index is 0.284. The standard InChI is InChI=1S/C16H25NO2S/c1-3-10-17-16(9-11-20(2,18)19)15-12-14(15)13-7-5-4-6-8-13/h4-8,14-17H,3,9-12H2,1-2H3. The van der Waals surface area contributed by atoms with Gasteiger partial charge >= 0.3 is 0 Å². The molecule has 1 aliphatic rings. The van der Waals surface area contributed by atoms with Gasteiger partial charge in [-0.15, -0.1) is 0 Å². The quantitative estimate of drug-likeness (QED) is 0.802. The van der Waals surface area contributed by atoms with Crippen LogP contribution in [0.5, 0.6) is 0 Å². The van der Waals surface area contributed by atoms with E-state index >= 15 is 0 Å². The average Bonchev–Trinajstić information content (AvgIpc) is 3.19. The third-order valence-electron chi connectivity index (χ3n) is 4.04. The Bertz CT molecular complexity index is 513. The first-order valence-electron chi connectivity index (χ1n) is 7.47. The molecule has 112 valence electrons. The fraction of sp³-hybridized carbons (Fsp3) is 0.625. The van der Waals surface area contributed by atoms with Crippen LogP contribution >= 0.6 is 0 Å². The molecule has 20 heavy (non-hydrogen) atoms. The SMILES string of the molecule is CCCNC(CCS(C)(=O)=O)C1CC1c1ccccc1. The van der Waals surface area contributed by atoms with E-state index in [9.17, 15) is 8.42 Å². The lowest BCUT2D eigenvalue weighted by atomic mass is 10.0. The van der Waals surface area contributed by atoms with Crippen LogP contribution in [-0.4, -0.2) is 33.0 Å². The smallest absolute Gasteiger partial charge is 0.147 e. The third kappa shape index (κ3) is 4.60. The molecule has 0 radical (unpaired) electrons. The molecule has 0 aromatic heterocycles. The van der Waals surface area contributed by atoms with E-state index < -0.39 is 9.84 Å². The summed E-state index contributed by atoms with van der Waals surface area (Å²) in [4.78, 5) is 0. The van der Waals surface area contributed by atoms with Gasteiger partial charge in [-0.25, -0.2) is 8.42 Å². The zero-order chi connectivity index (χ0) is 14.6. The van der Waals surface area contributed by atoms with E-state index in [4.69, 9.17) is 0 Å². The van der Waals surface area contributed by atoms with Gasteiger partial charge in [0, 0.05) is 12.3 Å². The van der Waals surface area contributed by atoms with Crippen molar-refractivity contribution in [1.82, 2.24) is 5.32 Å². The fourth-order valence-electron chi connectivity index (χ4n) is 2.88. The summed E-state index contributed by atoms with van der Waals surface area (Å²) < 4.78 is 22.8. The molecule has 3 atom stereocenters. The molecule has 1 aliphatic carbocycles. The number of rotatable bonds is 8. The molecule has 0 bridgehead atoms. The maximum atomic E-state index is 11.4. The summed E-state index contributed by atoms with van der Waals surface area (Å²) in [5.74, 6) is 1.47. The van der Waals surface area contributed by atoms with E-state index in [2.05, 4.69) is 36.5 Å². The molecular weight excluding hydrogens is 270 g/mol. The summed E-state index contributed by atoms with van der Waals surface area (Å²) in [6.07, 6.45) is 4.31. The minimum atomic E-state index is -2.87. The van der Waals surface area contributed by atoms with E-state index in [-0.39, 0.29) is 5.75 Å². The predicted octanol–water partition coefficient (Wildman–Crippen LogP) is 2.59. The summed E-state index contributed by atoms with van der Waals surface area (Å²) in [6, 6.07) is 10.9. The van der Waals surface area contributed by atoms with Gasteiger partial charge in [0.1, 0.15) is 9.84 Å². The molecule has 1 N–H and O–H groups in total. The molecule has 0 saturated heterocycles. The molecule has 2 rings (SSSR count). The van der Waals surface area contributed by atoms with Crippen molar-refractivity contribution in [3.8, 4) is 0 Å². The van der Waals surface area contributed by atoms with Crippen LogP contribution in [0.2, 0.25) is 0 Å². The Balaban J connectivity index is 1.95. The summed E-state index contributed by atoms with van der Waals surface area (Å²) in [6.45, 7) is 3.11. The van der Waals surface area contributed by atoms with Gasteiger partial charge in [-0.2, -0.15) is 0 Å². The highest BCUT2D eigenvalue weighted by molar-refractivity contribution is 7.90. The van der Waals surface area contributed by atoms with Gasteiger partial charge in [0.15, 0.2) is 0 Å². The second-order valence-electron chi connectivity index (χ2n) is 5.90. The number of nitrogens with one attached hydrogen (secondary N) is 1. The lowest BCUT2D eigenvalue weighted by Gasteiger charge is -2.18. The monoisotopic (exact) mass is 295 g/mol. The van der Waals surface area contributed by atoms with Crippen LogP contribution in [-0.2, 0) is 9.84 Å². The van der Waals surface area contributed by atoms with Gasteiger partial charge in [0.05, 0.1) is 5.75 Å². The van der Waals surface area contributed by atoms with Crippen LogP contribution in [0.1, 0.15) is 37.7 Å². The van der Waals surface area contributed by atoms with E-state index in [1.165, 1.54) is 18.2 Å². The van der Waals surface area contributed by atoms with Gasteiger partial charge in [0.2, 0.25) is 0 Å². The second-order valence-corrected chi connectivity index (χ2v) is 8.16. The summed E-state index contributed by atoms with van der Waals surface area (Å²) >= 11 is 0. The Labute approximate surface area is 122 Å². The summed E-state index contributed by atoms with van der Waals surface area (Å²) in [5, 5.41) is 3.54. The molecule has 0 amide bonds. The lowest BCUT2D eigenvalue weighted by Crippen LogP contribution is -2.34. The van der Waals surface area contributed by atoms with Crippen molar-refractivity contribution in [3.05, 3.63) is 35.9 Å². The highest BCUT2D eigenvalue weighted by Crippen LogP contribution is 2.50. The Morgan fingerprint density at radius 3 is 2.60 bits per heavy atom. The maximum absolute atomic E-state index is 11.4. The van der Waals surface area contributed by atoms with Gasteiger partial charge in [-0.3, -0.25) is 0 Å². The van der Waals surface area contributed by atoms with E-state index in [0.717, 1.165) is 19.4 Å². The van der Waals surface area contributed by atoms with Gasteiger partial charge in [0.25, 0.3) is 0 Å². The summed E-state index contributed by atoms with van der Waals surface area (Å²) in [7, 11) is -2.87. The van der Waals surface area contributed by atoms with Crippen LogP contribution in [0.25, 0.3) is 0 Å². The Morgan fingerprint density at radius 2 is 2.00 bits per heavy atom. The minimum Gasteiger partial charge on any atom is -0.314 e. The predicted molar refractivity (Wildman–Crippen MR) is 83.7 cm³/mol. The molecule has 3 unspecified atom stereocenters. The number of hydrogen-bond donors (Lipinski definition) is 1. The highest BCUT2D eigenvalue weighted by atomic mass is 32.2. The van der Waals surface area contributed by atoms with Crippen LogP contribution in [0.15, 0.2) is 30.3 Å². The third-order valence-corrected chi connectivity index (χ3v) is 5.02. The molecule has 1 fully saturated rings. The molecule has 0 aliphatic heterocycles. The molecule has 0 spiro atoms. The Kier molecular flexibility index (Phi) is 5.22. The van der Waals surface area contributed by atoms with Crippen molar-refractivity contribution in [1.29, 1.82) is 0 Å². The first kappa shape index (κ1) is 15.5. The van der Waals surface area contributed by atoms with Crippen molar-refractivity contribution in [2.45, 2.75) is 38.1 Å². The Hall–Kier alpha value is -0.870. The second kappa shape index (κ2) is 6.72. The molecular formula is C16H25NO2S. The maximum Gasteiger partial charge on any atom is 0.147 e. The van der Waals surface area contributed by atoms with Crippen molar-refractivity contribution in [2.75, 3.05) is 18.6 Å². The number of sulfone groups is 1. The van der Waals surface area contributed by atoms with E-state index in [1.807, 2.05) is 6.07 Å². The van der Waals surface area contributed by atoms with Gasteiger partial charge in [-0.1, -0.05) is 37.3 Å². The topological polar surface area (TPSA) is 46.2 Å². The van der Waals surface area contributed by atoms with Crippen LogP contribution < -0.4 is 5.32 Å². The largest absolute Gasteiger partial charge is 0.314 e. The fourth-order valence-corrected chi connectivity index (χ4v) is 3.56. The van der Waals surface area contributed by atoms with Crippen molar-refractivity contribution in [2.24, 2.45) is 5.92 Å². The van der Waals surface area contributed by atoms with E-state index in [1.54, 1.807) is 0 Å². The molecule has 1 aromatic carbocycles. The van der Waals surface area contributed by atoms with E-state index in [0.29, 0.717) is 17.9 Å². The normalized spacial score (nSPS) is 23.5. The highest BCUT2D eigenvalue weighted by Gasteiger charge is 2.43. The molecule has 0 heterocycles. The molecule has 1 aromatic rings. The Morgan fingerprint density at radius 1 is 1.30 bits per heavy atom. The molecule has 1 saturated carbocycles.